The van der Waals surface area contributed by atoms with Crippen molar-refractivity contribution in [1.82, 2.24) is 5.32 Å². The van der Waals surface area contributed by atoms with Gasteiger partial charge in [0.2, 0.25) is 0 Å². The molecular formula is C15H31NO. The molecule has 0 spiro atoms. The van der Waals surface area contributed by atoms with Crippen LogP contribution in [0.3, 0.4) is 0 Å². The molecule has 102 valence electrons. The third kappa shape index (κ3) is 8.62. The second-order valence-electron chi connectivity index (χ2n) is 5.65. The summed E-state index contributed by atoms with van der Waals surface area (Å²) < 4.78 is 5.97. The van der Waals surface area contributed by atoms with Crippen molar-refractivity contribution >= 4 is 0 Å². The molecule has 0 radical (unpaired) electrons. The van der Waals surface area contributed by atoms with Crippen LogP contribution in [-0.4, -0.2) is 25.3 Å². The summed E-state index contributed by atoms with van der Waals surface area (Å²) >= 11 is 0. The van der Waals surface area contributed by atoms with Crippen LogP contribution >= 0.6 is 0 Å². The van der Waals surface area contributed by atoms with Crippen molar-refractivity contribution in [2.75, 3.05) is 13.2 Å². The normalized spacial score (nSPS) is 18.5. The third-order valence-corrected chi connectivity index (χ3v) is 3.53. The van der Waals surface area contributed by atoms with E-state index in [0.29, 0.717) is 12.1 Å². The van der Waals surface area contributed by atoms with E-state index in [1.54, 1.807) is 0 Å². The Labute approximate surface area is 108 Å². The number of ether oxygens (including phenoxy) is 1. The number of unbranched alkanes of at least 4 members (excludes halogenated alkanes) is 2. The van der Waals surface area contributed by atoms with Crippen LogP contribution in [0.1, 0.15) is 71.6 Å². The summed E-state index contributed by atoms with van der Waals surface area (Å²) in [6, 6.07) is 0.622. The van der Waals surface area contributed by atoms with Gasteiger partial charge in [-0.15, -0.1) is 0 Å². The highest BCUT2D eigenvalue weighted by Gasteiger charge is 2.11. The lowest BCUT2D eigenvalue weighted by Crippen LogP contribution is -2.23. The molecule has 17 heavy (non-hydrogen) atoms. The molecule has 1 N–H and O–H groups in total. The highest BCUT2D eigenvalue weighted by Crippen LogP contribution is 2.19. The van der Waals surface area contributed by atoms with E-state index in [1.165, 1.54) is 57.8 Å². The zero-order chi connectivity index (χ0) is 12.3. The lowest BCUT2D eigenvalue weighted by molar-refractivity contribution is 0.0408. The summed E-state index contributed by atoms with van der Waals surface area (Å²) in [4.78, 5) is 0. The lowest BCUT2D eigenvalue weighted by atomic mass is 10.1. The largest absolute Gasteiger partial charge is 0.378 e. The van der Waals surface area contributed by atoms with Crippen LogP contribution in [0.2, 0.25) is 0 Å². The smallest absolute Gasteiger partial charge is 0.0575 e. The first-order chi connectivity index (χ1) is 8.29. The topological polar surface area (TPSA) is 21.3 Å². The van der Waals surface area contributed by atoms with Gasteiger partial charge in [-0.2, -0.15) is 0 Å². The standard InChI is InChI=1S/C15H31NO/c1-14(2)16-12-8-5-9-13-17-15-10-6-3-4-7-11-15/h14-16H,3-13H2,1-2H3. The summed E-state index contributed by atoms with van der Waals surface area (Å²) in [5, 5.41) is 3.45. The summed E-state index contributed by atoms with van der Waals surface area (Å²) in [5.74, 6) is 0. The molecule has 0 aromatic heterocycles. The predicted octanol–water partition coefficient (Wildman–Crippen LogP) is 3.89. The average molecular weight is 241 g/mol. The molecule has 0 amide bonds. The van der Waals surface area contributed by atoms with Gasteiger partial charge < -0.3 is 10.1 Å². The highest BCUT2D eigenvalue weighted by molar-refractivity contribution is 4.64. The maximum atomic E-state index is 5.97. The average Bonchev–Trinajstić information content (AvgIpc) is 2.56. The van der Waals surface area contributed by atoms with Gasteiger partial charge >= 0.3 is 0 Å². The Kier molecular flexibility index (Phi) is 8.72. The number of hydrogen-bond acceptors (Lipinski definition) is 2. The molecule has 1 fully saturated rings. The number of nitrogens with one attached hydrogen (secondary N) is 1. The molecule has 0 heterocycles. The van der Waals surface area contributed by atoms with Gasteiger partial charge in [-0.05, 0) is 38.6 Å². The first kappa shape index (κ1) is 15.0. The van der Waals surface area contributed by atoms with Crippen molar-refractivity contribution in [2.45, 2.75) is 83.8 Å². The Balaban J connectivity index is 1.86. The summed E-state index contributed by atoms with van der Waals surface area (Å²) in [6.45, 7) is 6.54. The van der Waals surface area contributed by atoms with Crippen molar-refractivity contribution in [3.63, 3.8) is 0 Å². The van der Waals surface area contributed by atoms with Crippen LogP contribution < -0.4 is 5.32 Å². The van der Waals surface area contributed by atoms with Crippen LogP contribution in [-0.2, 0) is 4.74 Å². The highest BCUT2D eigenvalue weighted by atomic mass is 16.5. The lowest BCUT2D eigenvalue weighted by Gasteiger charge is -2.15. The van der Waals surface area contributed by atoms with Crippen molar-refractivity contribution < 1.29 is 4.74 Å². The molecule has 0 aromatic rings. The van der Waals surface area contributed by atoms with Crippen molar-refractivity contribution in [1.29, 1.82) is 0 Å². The quantitative estimate of drug-likeness (QED) is 0.514. The molecule has 1 saturated carbocycles. The van der Waals surface area contributed by atoms with Crippen LogP contribution in [0, 0.1) is 0 Å². The maximum absolute atomic E-state index is 5.97. The van der Waals surface area contributed by atoms with Crippen LogP contribution in [0.4, 0.5) is 0 Å². The maximum Gasteiger partial charge on any atom is 0.0575 e. The van der Waals surface area contributed by atoms with Gasteiger partial charge in [0.15, 0.2) is 0 Å². The fraction of sp³-hybridized carbons (Fsp3) is 1.00. The van der Waals surface area contributed by atoms with Crippen molar-refractivity contribution in [3.05, 3.63) is 0 Å². The summed E-state index contributed by atoms with van der Waals surface area (Å²) in [5.41, 5.74) is 0. The fourth-order valence-electron chi connectivity index (χ4n) is 2.45. The number of rotatable bonds is 8. The van der Waals surface area contributed by atoms with E-state index in [-0.39, 0.29) is 0 Å². The summed E-state index contributed by atoms with van der Waals surface area (Å²) in [7, 11) is 0. The SMILES string of the molecule is CC(C)NCCCCCOC1CCCCCC1. The Morgan fingerprint density at radius 3 is 2.35 bits per heavy atom. The van der Waals surface area contributed by atoms with Crippen LogP contribution in [0.25, 0.3) is 0 Å². The molecule has 2 heteroatoms. The Bertz CT molecular complexity index is 162. The zero-order valence-corrected chi connectivity index (χ0v) is 11.8. The molecule has 0 bridgehead atoms. The molecule has 0 aliphatic heterocycles. The minimum Gasteiger partial charge on any atom is -0.378 e. The van der Waals surface area contributed by atoms with Gasteiger partial charge in [0.05, 0.1) is 6.10 Å². The van der Waals surface area contributed by atoms with Gasteiger partial charge in [-0.25, -0.2) is 0 Å². The van der Waals surface area contributed by atoms with Gasteiger partial charge in [-0.3, -0.25) is 0 Å². The number of hydrogen-bond donors (Lipinski definition) is 1. The zero-order valence-electron chi connectivity index (χ0n) is 11.8. The van der Waals surface area contributed by atoms with Crippen LogP contribution in [0.15, 0.2) is 0 Å². The molecule has 0 unspecified atom stereocenters. The molecule has 1 rings (SSSR count). The summed E-state index contributed by atoms with van der Waals surface area (Å²) in [6.07, 6.45) is 12.6. The fourth-order valence-corrected chi connectivity index (χ4v) is 2.45. The van der Waals surface area contributed by atoms with E-state index in [2.05, 4.69) is 19.2 Å². The Hall–Kier alpha value is -0.0800. The Morgan fingerprint density at radius 1 is 1.00 bits per heavy atom. The third-order valence-electron chi connectivity index (χ3n) is 3.53. The van der Waals surface area contributed by atoms with Crippen molar-refractivity contribution in [3.8, 4) is 0 Å². The van der Waals surface area contributed by atoms with Gasteiger partial charge in [0.1, 0.15) is 0 Å². The first-order valence-electron chi connectivity index (χ1n) is 7.64. The van der Waals surface area contributed by atoms with E-state index >= 15 is 0 Å². The molecule has 1 aliphatic carbocycles. The van der Waals surface area contributed by atoms with E-state index < -0.39 is 0 Å². The predicted molar refractivity (Wildman–Crippen MR) is 74.4 cm³/mol. The van der Waals surface area contributed by atoms with Gasteiger partial charge in [0.25, 0.3) is 0 Å². The monoisotopic (exact) mass is 241 g/mol. The Morgan fingerprint density at radius 2 is 1.71 bits per heavy atom. The second-order valence-corrected chi connectivity index (χ2v) is 5.65. The molecular weight excluding hydrogens is 210 g/mol. The minimum atomic E-state index is 0.575. The van der Waals surface area contributed by atoms with E-state index in [1.807, 2.05) is 0 Å². The minimum absolute atomic E-state index is 0.575. The van der Waals surface area contributed by atoms with Gasteiger partial charge in [0, 0.05) is 12.6 Å². The molecule has 0 aromatic carbocycles. The van der Waals surface area contributed by atoms with Crippen molar-refractivity contribution in [2.24, 2.45) is 0 Å². The molecule has 0 saturated heterocycles. The molecule has 0 atom stereocenters. The van der Waals surface area contributed by atoms with E-state index in [9.17, 15) is 0 Å². The van der Waals surface area contributed by atoms with Gasteiger partial charge in [-0.1, -0.05) is 39.5 Å². The second kappa shape index (κ2) is 9.90. The molecule has 1 aliphatic rings. The first-order valence-corrected chi connectivity index (χ1v) is 7.64. The van der Waals surface area contributed by atoms with E-state index in [0.717, 1.165) is 13.2 Å². The van der Waals surface area contributed by atoms with Crippen LogP contribution in [0.5, 0.6) is 0 Å². The molecule has 2 nitrogen and oxygen atoms in total. The van der Waals surface area contributed by atoms with E-state index in [4.69, 9.17) is 4.74 Å².